The van der Waals surface area contributed by atoms with Gasteiger partial charge >= 0.3 is 0 Å². The van der Waals surface area contributed by atoms with Gasteiger partial charge in [-0.05, 0) is 26.0 Å². The highest BCUT2D eigenvalue weighted by molar-refractivity contribution is 5.43. The van der Waals surface area contributed by atoms with E-state index >= 15 is 0 Å². The second kappa shape index (κ2) is 6.00. The lowest BCUT2D eigenvalue weighted by Gasteiger charge is -2.20. The minimum Gasteiger partial charge on any atom is -0.378 e. The molecule has 19 heavy (non-hydrogen) atoms. The Kier molecular flexibility index (Phi) is 4.35. The van der Waals surface area contributed by atoms with Crippen LogP contribution in [-0.4, -0.2) is 48.3 Å². The molecule has 2 atom stereocenters. The monoisotopic (exact) mass is 260 g/mol. The van der Waals surface area contributed by atoms with E-state index in [1.165, 1.54) is 0 Å². The number of likely N-dealkylation sites (tertiary alicyclic amines) is 1. The summed E-state index contributed by atoms with van der Waals surface area (Å²) in [5.74, 6) is 0.733. The van der Waals surface area contributed by atoms with Crippen LogP contribution in [0.4, 0.5) is 5.82 Å². The molecule has 0 saturated carbocycles. The van der Waals surface area contributed by atoms with Crippen LogP contribution in [0, 0.1) is 11.3 Å². The van der Waals surface area contributed by atoms with E-state index in [2.05, 4.69) is 35.1 Å². The van der Waals surface area contributed by atoms with Crippen molar-refractivity contribution in [2.75, 3.05) is 25.5 Å². The Hall–Kier alpha value is -1.64. The Bertz CT molecular complexity index is 469. The van der Waals surface area contributed by atoms with Gasteiger partial charge < -0.3 is 10.1 Å². The van der Waals surface area contributed by atoms with E-state index in [0.29, 0.717) is 11.6 Å². The Balaban J connectivity index is 2.07. The molecule has 0 radical (unpaired) electrons. The van der Waals surface area contributed by atoms with Gasteiger partial charge in [-0.15, -0.1) is 0 Å². The van der Waals surface area contributed by atoms with Crippen LogP contribution in [0.3, 0.4) is 0 Å². The summed E-state index contributed by atoms with van der Waals surface area (Å²) >= 11 is 0. The van der Waals surface area contributed by atoms with Gasteiger partial charge in [-0.3, -0.25) is 4.90 Å². The lowest BCUT2D eigenvalue weighted by molar-refractivity contribution is 0.0983. The first kappa shape index (κ1) is 13.8. The molecule has 2 rings (SSSR count). The molecule has 0 spiro atoms. The summed E-state index contributed by atoms with van der Waals surface area (Å²) in [4.78, 5) is 6.63. The number of pyridine rings is 1. The van der Waals surface area contributed by atoms with E-state index in [1.807, 2.05) is 0 Å². The molecule has 1 N–H and O–H groups in total. The van der Waals surface area contributed by atoms with Gasteiger partial charge in [0.25, 0.3) is 0 Å². The molecule has 1 aromatic rings. The first-order valence-corrected chi connectivity index (χ1v) is 6.53. The number of hydrogen-bond acceptors (Lipinski definition) is 5. The summed E-state index contributed by atoms with van der Waals surface area (Å²) in [5.41, 5.74) is 0.616. The third-order valence-electron chi connectivity index (χ3n) is 3.55. The largest absolute Gasteiger partial charge is 0.378 e. The van der Waals surface area contributed by atoms with Gasteiger partial charge in [-0.1, -0.05) is 0 Å². The zero-order chi connectivity index (χ0) is 13.8. The molecule has 1 aliphatic rings. The second-order valence-electron chi connectivity index (χ2n) is 5.11. The molecule has 0 bridgehead atoms. The highest BCUT2D eigenvalue weighted by Crippen LogP contribution is 2.19. The van der Waals surface area contributed by atoms with Crippen LogP contribution >= 0.6 is 0 Å². The average molecular weight is 260 g/mol. The maximum absolute atomic E-state index is 8.90. The fraction of sp³-hybridized carbons (Fsp3) is 0.571. The number of aromatic nitrogens is 1. The Morgan fingerprint density at radius 2 is 2.32 bits per heavy atom. The molecular weight excluding hydrogens is 240 g/mol. The van der Waals surface area contributed by atoms with Crippen molar-refractivity contribution >= 4 is 5.82 Å². The van der Waals surface area contributed by atoms with Gasteiger partial charge in [0.1, 0.15) is 5.82 Å². The van der Waals surface area contributed by atoms with Crippen LogP contribution in [-0.2, 0) is 4.74 Å². The van der Waals surface area contributed by atoms with E-state index in [9.17, 15) is 0 Å². The minimum absolute atomic E-state index is 0.148. The topological polar surface area (TPSA) is 61.2 Å². The van der Waals surface area contributed by atoms with Gasteiger partial charge in [0, 0.05) is 32.4 Å². The number of methoxy groups -OCH3 is 1. The summed E-state index contributed by atoms with van der Waals surface area (Å²) < 4.78 is 5.54. The molecule has 1 saturated heterocycles. The van der Waals surface area contributed by atoms with Crippen LogP contribution in [0.15, 0.2) is 18.3 Å². The summed E-state index contributed by atoms with van der Waals surface area (Å²) in [6.07, 6.45) is 1.80. The van der Waals surface area contributed by atoms with Gasteiger partial charge in [-0.2, -0.15) is 5.26 Å². The molecule has 5 heteroatoms. The van der Waals surface area contributed by atoms with E-state index < -0.39 is 0 Å². The molecule has 0 aliphatic carbocycles. The van der Waals surface area contributed by atoms with Gasteiger partial charge in [0.05, 0.1) is 23.8 Å². The molecule has 102 valence electrons. The van der Waals surface area contributed by atoms with Crippen LogP contribution in [0.5, 0.6) is 0 Å². The third-order valence-corrected chi connectivity index (χ3v) is 3.55. The third kappa shape index (κ3) is 3.22. The van der Waals surface area contributed by atoms with Crippen LogP contribution in [0.2, 0.25) is 0 Å². The number of anilines is 1. The molecule has 1 aromatic heterocycles. The lowest BCUT2D eigenvalue weighted by atomic mass is 10.2. The van der Waals surface area contributed by atoms with Crippen molar-refractivity contribution < 1.29 is 4.74 Å². The maximum atomic E-state index is 8.90. The van der Waals surface area contributed by atoms with E-state index in [-0.39, 0.29) is 12.1 Å². The van der Waals surface area contributed by atoms with E-state index in [0.717, 1.165) is 18.9 Å². The number of nitrogens with zero attached hydrogens (tertiary/aromatic N) is 3. The molecule has 0 unspecified atom stereocenters. The van der Waals surface area contributed by atoms with Crippen LogP contribution in [0.1, 0.15) is 19.4 Å². The lowest BCUT2D eigenvalue weighted by Crippen LogP contribution is -2.34. The summed E-state index contributed by atoms with van der Waals surface area (Å²) in [5, 5.41) is 12.3. The van der Waals surface area contributed by atoms with Crippen molar-refractivity contribution in [3.63, 3.8) is 0 Å². The standard InChI is InChI=1S/C14H20N4O/c1-10(2)18-8-12(13(9-18)19-3)17-14-6-11(7-15)4-5-16-14/h4-6,10,12-13H,8-9H2,1-3H3,(H,16,17)/t12-,13-/m0/s1. The average Bonchev–Trinajstić information content (AvgIpc) is 2.82. The molecule has 0 aromatic carbocycles. The van der Waals surface area contributed by atoms with Crippen LogP contribution < -0.4 is 5.32 Å². The quantitative estimate of drug-likeness (QED) is 0.888. The van der Waals surface area contributed by atoms with Crippen molar-refractivity contribution in [3.05, 3.63) is 23.9 Å². The number of ether oxygens (including phenoxy) is 1. The normalized spacial score (nSPS) is 23.5. The predicted octanol–water partition coefficient (Wildman–Crippen LogP) is 1.47. The van der Waals surface area contributed by atoms with Crippen LogP contribution in [0.25, 0.3) is 0 Å². The molecule has 5 nitrogen and oxygen atoms in total. The Morgan fingerprint density at radius 3 is 2.95 bits per heavy atom. The summed E-state index contributed by atoms with van der Waals surface area (Å²) in [7, 11) is 1.74. The fourth-order valence-electron chi connectivity index (χ4n) is 2.37. The van der Waals surface area contributed by atoms with E-state index in [1.54, 1.807) is 25.4 Å². The van der Waals surface area contributed by atoms with Gasteiger partial charge in [0.15, 0.2) is 0 Å². The van der Waals surface area contributed by atoms with Crippen molar-refractivity contribution in [3.8, 4) is 6.07 Å². The molecule has 2 heterocycles. The predicted molar refractivity (Wildman–Crippen MR) is 73.9 cm³/mol. The number of nitriles is 1. The highest BCUT2D eigenvalue weighted by atomic mass is 16.5. The zero-order valence-electron chi connectivity index (χ0n) is 11.6. The van der Waals surface area contributed by atoms with Gasteiger partial charge in [-0.25, -0.2) is 4.98 Å². The van der Waals surface area contributed by atoms with Crippen molar-refractivity contribution in [1.82, 2.24) is 9.88 Å². The van der Waals surface area contributed by atoms with E-state index in [4.69, 9.17) is 10.00 Å². The SMILES string of the molecule is CO[C@H]1CN(C(C)C)C[C@@H]1Nc1cc(C#N)ccn1. The van der Waals surface area contributed by atoms with Crippen molar-refractivity contribution in [2.24, 2.45) is 0 Å². The maximum Gasteiger partial charge on any atom is 0.127 e. The summed E-state index contributed by atoms with van der Waals surface area (Å²) in [6.45, 7) is 6.21. The van der Waals surface area contributed by atoms with Crippen molar-refractivity contribution in [2.45, 2.75) is 32.0 Å². The zero-order valence-corrected chi connectivity index (χ0v) is 11.6. The molecular formula is C14H20N4O. The number of hydrogen-bond donors (Lipinski definition) is 1. The highest BCUT2D eigenvalue weighted by Gasteiger charge is 2.34. The first-order chi connectivity index (χ1) is 9.13. The number of rotatable bonds is 4. The Labute approximate surface area is 114 Å². The smallest absolute Gasteiger partial charge is 0.127 e. The molecule has 0 amide bonds. The molecule has 1 fully saturated rings. The van der Waals surface area contributed by atoms with Crippen molar-refractivity contribution in [1.29, 1.82) is 5.26 Å². The van der Waals surface area contributed by atoms with Gasteiger partial charge in [0.2, 0.25) is 0 Å². The second-order valence-corrected chi connectivity index (χ2v) is 5.11. The fourth-order valence-corrected chi connectivity index (χ4v) is 2.37. The minimum atomic E-state index is 0.148. The Morgan fingerprint density at radius 1 is 1.53 bits per heavy atom. The summed E-state index contributed by atoms with van der Waals surface area (Å²) in [6, 6.07) is 6.30. The number of nitrogens with one attached hydrogen (secondary N) is 1. The molecule has 1 aliphatic heterocycles. The first-order valence-electron chi connectivity index (χ1n) is 6.53.